The number of aromatic nitrogens is 1. The molecule has 2 aromatic carbocycles. The fourth-order valence-electron chi connectivity index (χ4n) is 4.07. The summed E-state index contributed by atoms with van der Waals surface area (Å²) in [7, 11) is 1.48. The number of hydrogen-bond donors (Lipinski definition) is 3. The lowest BCUT2D eigenvalue weighted by Gasteiger charge is -2.17. The van der Waals surface area contributed by atoms with E-state index in [4.69, 9.17) is 4.74 Å². The Morgan fingerprint density at radius 1 is 1.03 bits per heavy atom. The van der Waals surface area contributed by atoms with Crippen molar-refractivity contribution in [3.63, 3.8) is 0 Å². The molecule has 0 saturated heterocycles. The van der Waals surface area contributed by atoms with Gasteiger partial charge in [-0.25, -0.2) is 9.59 Å². The van der Waals surface area contributed by atoms with Gasteiger partial charge in [0.15, 0.2) is 0 Å². The van der Waals surface area contributed by atoms with Gasteiger partial charge in [-0.3, -0.25) is 9.78 Å². The Hall–Kier alpha value is -4.20. The Balaban J connectivity index is 1.42. The smallest absolute Gasteiger partial charge is 0.407 e. The zero-order chi connectivity index (χ0) is 23.4. The second-order valence-corrected chi connectivity index (χ2v) is 7.69. The molecule has 3 aromatic rings. The van der Waals surface area contributed by atoms with Gasteiger partial charge in [-0.2, -0.15) is 0 Å². The largest absolute Gasteiger partial charge is 0.480 e. The number of pyridine rings is 1. The van der Waals surface area contributed by atoms with E-state index in [2.05, 4.69) is 15.6 Å². The van der Waals surface area contributed by atoms with Crippen molar-refractivity contribution >= 4 is 18.0 Å². The molecule has 0 fully saturated rings. The molecule has 1 aliphatic carbocycles. The minimum atomic E-state index is -1.22. The van der Waals surface area contributed by atoms with Crippen LogP contribution in [0.3, 0.4) is 0 Å². The number of benzene rings is 2. The van der Waals surface area contributed by atoms with Gasteiger partial charge in [-0.1, -0.05) is 48.5 Å². The molecule has 1 aromatic heterocycles. The molecule has 33 heavy (non-hydrogen) atoms. The molecule has 1 heterocycles. The van der Waals surface area contributed by atoms with Crippen LogP contribution in [0.15, 0.2) is 66.9 Å². The number of rotatable bonds is 7. The number of nitrogens with one attached hydrogen (secondary N) is 2. The van der Waals surface area contributed by atoms with Gasteiger partial charge in [0, 0.05) is 25.6 Å². The zero-order valence-electron chi connectivity index (χ0n) is 17.9. The van der Waals surface area contributed by atoms with Crippen LogP contribution in [0.4, 0.5) is 4.79 Å². The van der Waals surface area contributed by atoms with Crippen molar-refractivity contribution < 1.29 is 24.2 Å². The molecule has 0 unspecified atom stereocenters. The third-order valence-corrected chi connectivity index (χ3v) is 5.66. The predicted molar refractivity (Wildman–Crippen MR) is 121 cm³/mol. The van der Waals surface area contributed by atoms with Crippen molar-refractivity contribution in [1.29, 1.82) is 0 Å². The SMILES string of the molecule is CNC(=O)c1cc(C[C@H](NC(=O)OCC2c3ccccc3-c3ccccc32)C(=O)O)ccn1. The van der Waals surface area contributed by atoms with Gasteiger partial charge in [0.2, 0.25) is 0 Å². The van der Waals surface area contributed by atoms with Crippen LogP contribution in [0.25, 0.3) is 11.1 Å². The highest BCUT2D eigenvalue weighted by atomic mass is 16.5. The number of aliphatic carboxylic acids is 1. The van der Waals surface area contributed by atoms with Crippen molar-refractivity contribution in [2.75, 3.05) is 13.7 Å². The molecule has 8 heteroatoms. The van der Waals surface area contributed by atoms with Gasteiger partial charge in [0.05, 0.1) is 0 Å². The summed E-state index contributed by atoms with van der Waals surface area (Å²) in [4.78, 5) is 39.9. The lowest BCUT2D eigenvalue weighted by Crippen LogP contribution is -2.43. The summed E-state index contributed by atoms with van der Waals surface area (Å²) >= 11 is 0. The van der Waals surface area contributed by atoms with Gasteiger partial charge < -0.3 is 20.5 Å². The van der Waals surface area contributed by atoms with Crippen LogP contribution in [0, 0.1) is 0 Å². The number of carboxylic acid groups (broad SMARTS) is 1. The van der Waals surface area contributed by atoms with Gasteiger partial charge in [0.25, 0.3) is 5.91 Å². The van der Waals surface area contributed by atoms with E-state index < -0.39 is 18.1 Å². The standard InChI is InChI=1S/C25H23N3O5/c1-26-23(29)21-12-15(10-11-27-21)13-22(24(30)31)28-25(32)33-14-20-18-8-4-2-6-16(18)17-7-3-5-9-19(17)20/h2-12,20,22H,13-14H2,1H3,(H,26,29)(H,28,32)(H,30,31)/t22-/m0/s1. The zero-order valence-corrected chi connectivity index (χ0v) is 17.9. The molecule has 168 valence electrons. The number of hydrogen-bond acceptors (Lipinski definition) is 5. The van der Waals surface area contributed by atoms with Crippen molar-refractivity contribution in [2.45, 2.75) is 18.4 Å². The fraction of sp³-hybridized carbons (Fsp3) is 0.200. The van der Waals surface area contributed by atoms with E-state index in [1.807, 2.05) is 48.5 Å². The summed E-state index contributed by atoms with van der Waals surface area (Å²) in [6, 6.07) is 17.8. The Morgan fingerprint density at radius 3 is 2.27 bits per heavy atom. The van der Waals surface area contributed by atoms with E-state index >= 15 is 0 Å². The van der Waals surface area contributed by atoms with Crippen molar-refractivity contribution in [1.82, 2.24) is 15.6 Å². The van der Waals surface area contributed by atoms with Gasteiger partial charge >= 0.3 is 12.1 Å². The Labute approximate surface area is 190 Å². The van der Waals surface area contributed by atoms with Crippen molar-refractivity contribution in [3.8, 4) is 11.1 Å². The molecule has 2 amide bonds. The maximum absolute atomic E-state index is 12.5. The highest BCUT2D eigenvalue weighted by molar-refractivity contribution is 5.92. The number of ether oxygens (including phenoxy) is 1. The second-order valence-electron chi connectivity index (χ2n) is 7.69. The first-order valence-corrected chi connectivity index (χ1v) is 10.5. The van der Waals surface area contributed by atoms with E-state index in [1.54, 1.807) is 6.07 Å². The second kappa shape index (κ2) is 9.52. The number of fused-ring (bicyclic) bond motifs is 3. The molecule has 8 nitrogen and oxygen atoms in total. The molecular formula is C25H23N3O5. The van der Waals surface area contributed by atoms with Crippen LogP contribution in [-0.4, -0.2) is 47.8 Å². The normalized spacial score (nSPS) is 12.9. The van der Waals surface area contributed by atoms with E-state index in [-0.39, 0.29) is 30.5 Å². The molecule has 1 atom stereocenters. The van der Waals surface area contributed by atoms with Gasteiger partial charge in [-0.05, 0) is 39.9 Å². The van der Waals surface area contributed by atoms with Crippen LogP contribution in [0.5, 0.6) is 0 Å². The monoisotopic (exact) mass is 445 g/mol. The number of amides is 2. The topological polar surface area (TPSA) is 118 Å². The first kappa shape index (κ1) is 22.0. The van der Waals surface area contributed by atoms with Crippen LogP contribution in [-0.2, 0) is 16.0 Å². The van der Waals surface area contributed by atoms with Crippen LogP contribution in [0.1, 0.15) is 33.1 Å². The van der Waals surface area contributed by atoms with E-state index in [9.17, 15) is 19.5 Å². The van der Waals surface area contributed by atoms with E-state index in [0.29, 0.717) is 5.56 Å². The average molecular weight is 445 g/mol. The predicted octanol–water partition coefficient (Wildman–Crippen LogP) is 2.98. The van der Waals surface area contributed by atoms with Crippen LogP contribution in [0.2, 0.25) is 0 Å². The molecule has 1 aliphatic rings. The highest BCUT2D eigenvalue weighted by Gasteiger charge is 2.29. The lowest BCUT2D eigenvalue weighted by molar-refractivity contribution is -0.139. The third kappa shape index (κ3) is 4.69. The molecule has 4 rings (SSSR count). The highest BCUT2D eigenvalue weighted by Crippen LogP contribution is 2.44. The number of carboxylic acids is 1. The molecule has 0 spiro atoms. The molecule has 0 bridgehead atoms. The Morgan fingerprint density at radius 2 is 1.67 bits per heavy atom. The first-order valence-electron chi connectivity index (χ1n) is 10.5. The quantitative estimate of drug-likeness (QED) is 0.515. The maximum Gasteiger partial charge on any atom is 0.407 e. The minimum absolute atomic E-state index is 0.0218. The summed E-state index contributed by atoms with van der Waals surface area (Å²) in [5.41, 5.74) is 5.07. The molecular weight excluding hydrogens is 422 g/mol. The van der Waals surface area contributed by atoms with E-state index in [0.717, 1.165) is 22.3 Å². The minimum Gasteiger partial charge on any atom is -0.480 e. The number of carbonyl (C=O) groups is 3. The van der Waals surface area contributed by atoms with Crippen LogP contribution < -0.4 is 10.6 Å². The average Bonchev–Trinajstić information content (AvgIpc) is 3.15. The Bertz CT molecular complexity index is 1160. The summed E-state index contributed by atoms with van der Waals surface area (Å²) < 4.78 is 5.45. The lowest BCUT2D eigenvalue weighted by atomic mass is 9.98. The summed E-state index contributed by atoms with van der Waals surface area (Å²) in [5.74, 6) is -1.71. The molecule has 3 N–H and O–H groups in total. The summed E-state index contributed by atoms with van der Waals surface area (Å²) in [6.07, 6.45) is 0.586. The van der Waals surface area contributed by atoms with Crippen LogP contribution >= 0.6 is 0 Å². The molecule has 0 aliphatic heterocycles. The fourth-order valence-corrected chi connectivity index (χ4v) is 4.07. The summed E-state index contributed by atoms with van der Waals surface area (Å²) in [6.45, 7) is 0.0856. The van der Waals surface area contributed by atoms with Gasteiger partial charge in [0.1, 0.15) is 18.3 Å². The number of alkyl carbamates (subject to hydrolysis) is 1. The molecule has 0 saturated carbocycles. The summed E-state index contributed by atoms with van der Waals surface area (Å²) in [5, 5.41) is 14.5. The molecule has 0 radical (unpaired) electrons. The van der Waals surface area contributed by atoms with Crippen molar-refractivity contribution in [2.24, 2.45) is 0 Å². The first-order chi connectivity index (χ1) is 16.0. The van der Waals surface area contributed by atoms with Gasteiger partial charge in [-0.15, -0.1) is 0 Å². The number of carbonyl (C=O) groups excluding carboxylic acids is 2. The van der Waals surface area contributed by atoms with Crippen molar-refractivity contribution in [3.05, 3.63) is 89.2 Å². The Kier molecular flexibility index (Phi) is 6.35. The van der Waals surface area contributed by atoms with E-state index in [1.165, 1.54) is 19.3 Å². The maximum atomic E-state index is 12.5. The third-order valence-electron chi connectivity index (χ3n) is 5.66. The number of nitrogens with zero attached hydrogens (tertiary/aromatic N) is 1.